The van der Waals surface area contributed by atoms with Crippen LogP contribution in [0.5, 0.6) is 0 Å². The van der Waals surface area contributed by atoms with Crippen molar-refractivity contribution in [1.82, 2.24) is 0 Å². The Kier molecular flexibility index (Phi) is 7.20. The normalized spacial score (nSPS) is 14.4. The van der Waals surface area contributed by atoms with Crippen LogP contribution in [-0.2, 0) is 9.47 Å². The molecule has 1 aliphatic heterocycles. The lowest BCUT2D eigenvalue weighted by molar-refractivity contribution is -0.0103. The minimum absolute atomic E-state index is 0. The average Bonchev–Trinajstić information content (AvgIpc) is 3.29. The van der Waals surface area contributed by atoms with Crippen molar-refractivity contribution in [3.05, 3.63) is 103 Å². The van der Waals surface area contributed by atoms with Gasteiger partial charge in [-0.25, -0.2) is 0 Å². The molecule has 0 atom stereocenters. The van der Waals surface area contributed by atoms with Gasteiger partial charge in [0.05, 0.1) is 19.4 Å². The topological polar surface area (TPSA) is 18.5 Å². The van der Waals surface area contributed by atoms with E-state index in [-0.39, 0.29) is 23.3 Å². The predicted molar refractivity (Wildman–Crippen MR) is 115 cm³/mol. The van der Waals surface area contributed by atoms with Crippen LogP contribution in [0.1, 0.15) is 0 Å². The molecule has 3 aromatic carbocycles. The zero-order valence-corrected chi connectivity index (χ0v) is 18.2. The smallest absolute Gasteiger partial charge is 0.183 e. The summed E-state index contributed by atoms with van der Waals surface area (Å²) in [5, 5.41) is 4.05. The molecule has 4 rings (SSSR count). The van der Waals surface area contributed by atoms with Crippen LogP contribution < -0.4 is 32.9 Å². The minimum Gasteiger partial charge on any atom is -1.00 e. The first kappa shape index (κ1) is 21.0. The highest BCUT2D eigenvalue weighted by Crippen LogP contribution is 2.56. The molecular weight excluding hydrogens is 431 g/mol. The van der Waals surface area contributed by atoms with Crippen LogP contribution in [0.4, 0.5) is 0 Å². The summed E-state index contributed by atoms with van der Waals surface area (Å²) in [5.41, 5.74) is 1.01. The fourth-order valence-corrected chi connectivity index (χ4v) is 7.99. The standard InChI is InChI=1S/C24H24O2P.BrH/c1-20(24-25-17-18-26-24)19-27(21-11-5-2-6-12-21,22-13-7-3-8-14-22)23-15-9-4-10-16-23;/h2-16,24H,1,17-19H2;1H/q+1;/p-1. The van der Waals surface area contributed by atoms with Gasteiger partial charge in [0.15, 0.2) is 6.29 Å². The van der Waals surface area contributed by atoms with Crippen molar-refractivity contribution in [3.63, 3.8) is 0 Å². The molecule has 0 N–H and O–H groups in total. The Bertz CT molecular complexity index is 782. The molecular formula is C24H24BrO2P. The van der Waals surface area contributed by atoms with Crippen molar-refractivity contribution in [2.75, 3.05) is 19.4 Å². The summed E-state index contributed by atoms with van der Waals surface area (Å²) in [6.45, 7) is 5.65. The molecule has 28 heavy (non-hydrogen) atoms. The Morgan fingerprint density at radius 2 is 1.07 bits per heavy atom. The SMILES string of the molecule is C=C(C[P+](c1ccccc1)(c1ccccc1)c1ccccc1)C1OCCO1.[Br-]. The van der Waals surface area contributed by atoms with E-state index in [1.165, 1.54) is 15.9 Å². The largest absolute Gasteiger partial charge is 1.00 e. The van der Waals surface area contributed by atoms with E-state index in [2.05, 4.69) is 97.6 Å². The van der Waals surface area contributed by atoms with Crippen LogP contribution in [-0.4, -0.2) is 25.7 Å². The lowest BCUT2D eigenvalue weighted by atomic mass is 10.3. The number of rotatable bonds is 6. The van der Waals surface area contributed by atoms with E-state index >= 15 is 0 Å². The minimum atomic E-state index is -1.92. The van der Waals surface area contributed by atoms with Crippen molar-refractivity contribution < 1.29 is 26.5 Å². The van der Waals surface area contributed by atoms with Crippen molar-refractivity contribution in [3.8, 4) is 0 Å². The molecule has 0 saturated carbocycles. The molecule has 144 valence electrons. The van der Waals surface area contributed by atoms with Gasteiger partial charge in [0, 0.05) is 5.57 Å². The summed E-state index contributed by atoms with van der Waals surface area (Å²) in [5.74, 6) is 0. The van der Waals surface area contributed by atoms with Crippen molar-refractivity contribution in [2.24, 2.45) is 0 Å². The second-order valence-corrected chi connectivity index (χ2v) is 10.2. The first-order valence-corrected chi connectivity index (χ1v) is 11.2. The Hall–Kier alpha value is -1.77. The molecule has 2 nitrogen and oxygen atoms in total. The van der Waals surface area contributed by atoms with Crippen molar-refractivity contribution >= 4 is 23.2 Å². The zero-order chi connectivity index (χ0) is 18.5. The molecule has 0 aromatic heterocycles. The van der Waals surface area contributed by atoms with Gasteiger partial charge in [-0.2, -0.15) is 0 Å². The molecule has 3 aromatic rings. The molecule has 1 heterocycles. The van der Waals surface area contributed by atoms with Crippen LogP contribution in [0.15, 0.2) is 103 Å². The Morgan fingerprint density at radius 1 is 0.714 bits per heavy atom. The van der Waals surface area contributed by atoms with Crippen LogP contribution >= 0.6 is 7.26 Å². The van der Waals surface area contributed by atoms with Gasteiger partial charge in [-0.3, -0.25) is 0 Å². The van der Waals surface area contributed by atoms with Crippen LogP contribution in [0, 0.1) is 0 Å². The number of ether oxygens (including phenoxy) is 2. The van der Waals surface area contributed by atoms with E-state index in [0.717, 1.165) is 11.7 Å². The summed E-state index contributed by atoms with van der Waals surface area (Å²) in [7, 11) is -1.92. The van der Waals surface area contributed by atoms with Gasteiger partial charge in [-0.05, 0) is 36.4 Å². The summed E-state index contributed by atoms with van der Waals surface area (Å²) < 4.78 is 11.5. The maximum absolute atomic E-state index is 5.76. The number of benzene rings is 3. The molecule has 1 aliphatic rings. The predicted octanol–water partition coefficient (Wildman–Crippen LogP) is 0.914. The quantitative estimate of drug-likeness (QED) is 0.407. The number of hydrogen-bond acceptors (Lipinski definition) is 2. The van der Waals surface area contributed by atoms with Gasteiger partial charge >= 0.3 is 0 Å². The van der Waals surface area contributed by atoms with Gasteiger partial charge < -0.3 is 26.5 Å². The first-order valence-electron chi connectivity index (χ1n) is 9.26. The van der Waals surface area contributed by atoms with Crippen molar-refractivity contribution in [1.29, 1.82) is 0 Å². The third kappa shape index (κ3) is 4.14. The highest BCUT2D eigenvalue weighted by atomic mass is 79.9. The highest BCUT2D eigenvalue weighted by Gasteiger charge is 2.46. The fourth-order valence-electron chi connectivity index (χ4n) is 3.74. The second-order valence-electron chi connectivity index (χ2n) is 6.71. The summed E-state index contributed by atoms with van der Waals surface area (Å²) >= 11 is 0. The summed E-state index contributed by atoms with van der Waals surface area (Å²) in [6, 6.07) is 32.5. The average molecular weight is 455 g/mol. The van der Waals surface area contributed by atoms with Gasteiger partial charge in [0.1, 0.15) is 23.2 Å². The molecule has 0 amide bonds. The zero-order valence-electron chi connectivity index (χ0n) is 15.7. The molecule has 0 spiro atoms. The van der Waals surface area contributed by atoms with E-state index in [4.69, 9.17) is 9.47 Å². The van der Waals surface area contributed by atoms with Crippen LogP contribution in [0.25, 0.3) is 0 Å². The molecule has 0 bridgehead atoms. The number of halogens is 1. The fraction of sp³-hybridized carbons (Fsp3) is 0.167. The molecule has 0 radical (unpaired) electrons. The lowest BCUT2D eigenvalue weighted by Gasteiger charge is -2.29. The molecule has 1 saturated heterocycles. The maximum Gasteiger partial charge on any atom is 0.183 e. The van der Waals surface area contributed by atoms with E-state index in [1.54, 1.807) is 0 Å². The molecule has 0 unspecified atom stereocenters. The second kappa shape index (κ2) is 9.62. The summed E-state index contributed by atoms with van der Waals surface area (Å²) in [6.07, 6.45) is 0.524. The Labute approximate surface area is 178 Å². The molecule has 0 aliphatic carbocycles. The third-order valence-electron chi connectivity index (χ3n) is 4.99. The van der Waals surface area contributed by atoms with Crippen molar-refractivity contribution in [2.45, 2.75) is 6.29 Å². The Balaban J connectivity index is 0.00000225. The Morgan fingerprint density at radius 3 is 1.43 bits per heavy atom. The third-order valence-corrected chi connectivity index (χ3v) is 9.41. The number of hydrogen-bond donors (Lipinski definition) is 0. The summed E-state index contributed by atoms with van der Waals surface area (Å²) in [4.78, 5) is 0. The van der Waals surface area contributed by atoms with Crippen LogP contribution in [0.3, 0.4) is 0 Å². The van der Waals surface area contributed by atoms with Gasteiger partial charge in [-0.15, -0.1) is 0 Å². The highest BCUT2D eigenvalue weighted by molar-refractivity contribution is 7.95. The maximum atomic E-state index is 5.76. The van der Waals surface area contributed by atoms with E-state index in [1.807, 2.05) is 0 Å². The van der Waals surface area contributed by atoms with E-state index in [0.29, 0.717) is 13.2 Å². The monoisotopic (exact) mass is 454 g/mol. The molecule has 4 heteroatoms. The van der Waals surface area contributed by atoms with Gasteiger partial charge in [0.2, 0.25) is 0 Å². The van der Waals surface area contributed by atoms with Gasteiger partial charge in [-0.1, -0.05) is 61.2 Å². The lowest BCUT2D eigenvalue weighted by Crippen LogP contribution is -3.00. The first-order chi connectivity index (χ1) is 13.3. The van der Waals surface area contributed by atoms with Crippen LogP contribution in [0.2, 0.25) is 0 Å². The van der Waals surface area contributed by atoms with E-state index in [9.17, 15) is 0 Å². The van der Waals surface area contributed by atoms with E-state index < -0.39 is 7.26 Å². The van der Waals surface area contributed by atoms with Gasteiger partial charge in [0.25, 0.3) is 0 Å². The molecule has 1 fully saturated rings.